The van der Waals surface area contributed by atoms with Gasteiger partial charge in [0, 0.05) is 5.56 Å². The molecule has 2 aromatic carbocycles. The van der Waals surface area contributed by atoms with E-state index in [0.29, 0.717) is 24.2 Å². The predicted molar refractivity (Wildman–Crippen MR) is 114 cm³/mol. The van der Waals surface area contributed by atoms with E-state index in [4.69, 9.17) is 0 Å². The van der Waals surface area contributed by atoms with E-state index in [2.05, 4.69) is 12.2 Å². The molecule has 2 rings (SSSR count). The lowest BCUT2D eigenvalue weighted by atomic mass is 9.97. The van der Waals surface area contributed by atoms with Crippen LogP contribution in [0.15, 0.2) is 71.8 Å². The third-order valence-corrected chi connectivity index (χ3v) is 4.24. The number of ketones is 1. The van der Waals surface area contributed by atoms with Crippen LogP contribution in [-0.4, -0.2) is 10.9 Å². The van der Waals surface area contributed by atoms with Crippen LogP contribution in [0.25, 0.3) is 6.08 Å². The van der Waals surface area contributed by atoms with Crippen LogP contribution in [0, 0.1) is 0 Å². The molecule has 0 unspecified atom stereocenters. The smallest absolute Gasteiger partial charge is 0.185 e. The van der Waals surface area contributed by atoms with Gasteiger partial charge in [0.1, 0.15) is 5.75 Å². The van der Waals surface area contributed by atoms with Gasteiger partial charge in [-0.15, -0.1) is 0 Å². The first-order valence-electron chi connectivity index (χ1n) is 9.25. The molecule has 0 aromatic heterocycles. The summed E-state index contributed by atoms with van der Waals surface area (Å²) in [5.41, 5.74) is 5.76. The summed E-state index contributed by atoms with van der Waals surface area (Å²) in [6.45, 7) is 8.18. The summed E-state index contributed by atoms with van der Waals surface area (Å²) in [7, 11) is 0. The fourth-order valence-electron chi connectivity index (χ4n) is 2.69. The van der Waals surface area contributed by atoms with Crippen molar-refractivity contribution in [1.29, 1.82) is 0 Å². The van der Waals surface area contributed by atoms with Crippen LogP contribution in [0.2, 0.25) is 0 Å². The maximum Gasteiger partial charge on any atom is 0.185 e. The highest BCUT2D eigenvalue weighted by Gasteiger charge is 2.08. The maximum atomic E-state index is 12.3. The number of aromatic hydroxyl groups is 1. The molecule has 140 valence electrons. The second kappa shape index (κ2) is 9.72. The Morgan fingerprint density at radius 2 is 1.41 bits per heavy atom. The summed E-state index contributed by atoms with van der Waals surface area (Å²) in [6.07, 6.45) is 8.96. The van der Waals surface area contributed by atoms with Gasteiger partial charge in [0.2, 0.25) is 0 Å². The molecule has 27 heavy (non-hydrogen) atoms. The minimum atomic E-state index is -0.0274. The quantitative estimate of drug-likeness (QED) is 0.357. The number of carbonyl (C=O) groups excluding carboxylic acids is 1. The van der Waals surface area contributed by atoms with Crippen molar-refractivity contribution >= 4 is 11.9 Å². The Morgan fingerprint density at radius 3 is 1.89 bits per heavy atom. The van der Waals surface area contributed by atoms with E-state index >= 15 is 0 Å². The third kappa shape index (κ3) is 6.41. The monoisotopic (exact) mass is 360 g/mol. The fraction of sp³-hybridized carbons (Fsp3) is 0.240. The van der Waals surface area contributed by atoms with Gasteiger partial charge in [-0.05, 0) is 75.4 Å². The van der Waals surface area contributed by atoms with E-state index in [1.54, 1.807) is 6.08 Å². The first-order valence-corrected chi connectivity index (χ1v) is 9.25. The lowest BCUT2D eigenvalue weighted by molar-refractivity contribution is 0.104. The highest BCUT2D eigenvalue weighted by Crippen LogP contribution is 2.27. The second-order valence-electron chi connectivity index (χ2n) is 7.22. The molecule has 2 aromatic rings. The molecule has 0 saturated carbocycles. The van der Waals surface area contributed by atoms with E-state index in [-0.39, 0.29) is 5.78 Å². The predicted octanol–water partition coefficient (Wildman–Crippen LogP) is 6.31. The Kier molecular flexibility index (Phi) is 7.36. The van der Waals surface area contributed by atoms with Crippen LogP contribution < -0.4 is 0 Å². The molecule has 0 aliphatic rings. The molecule has 0 fully saturated rings. The van der Waals surface area contributed by atoms with Crippen molar-refractivity contribution < 1.29 is 9.90 Å². The van der Waals surface area contributed by atoms with E-state index < -0.39 is 0 Å². The topological polar surface area (TPSA) is 37.3 Å². The van der Waals surface area contributed by atoms with Crippen molar-refractivity contribution in [2.75, 3.05) is 0 Å². The Labute approximate surface area is 162 Å². The third-order valence-electron chi connectivity index (χ3n) is 4.24. The van der Waals surface area contributed by atoms with E-state index in [9.17, 15) is 9.90 Å². The zero-order valence-electron chi connectivity index (χ0n) is 16.6. The van der Waals surface area contributed by atoms with Crippen molar-refractivity contribution in [3.63, 3.8) is 0 Å². The lowest BCUT2D eigenvalue weighted by Crippen LogP contribution is -1.95. The molecule has 2 nitrogen and oxygen atoms in total. The standard InChI is InChI=1S/C25H28O2/c1-18(2)10-13-22-16-20(17-23(25(22)27)14-11-19(3)4)12-15-24(26)21-8-6-5-7-9-21/h5-12,15-17,27H,13-14H2,1-4H3. The number of benzene rings is 2. The Balaban J connectivity index is 2.36. The molecule has 0 heterocycles. The van der Waals surface area contributed by atoms with Gasteiger partial charge in [0.25, 0.3) is 0 Å². The van der Waals surface area contributed by atoms with Gasteiger partial charge >= 0.3 is 0 Å². The zero-order valence-corrected chi connectivity index (χ0v) is 16.6. The van der Waals surface area contributed by atoms with Gasteiger partial charge in [-0.1, -0.05) is 59.7 Å². The molecule has 2 heteroatoms. The SMILES string of the molecule is CC(C)=CCc1cc(C=CC(=O)c2ccccc2)cc(CC=C(C)C)c1O. The van der Waals surface area contributed by atoms with Crippen LogP contribution in [-0.2, 0) is 12.8 Å². The zero-order chi connectivity index (χ0) is 19.8. The molecule has 0 bridgehead atoms. The van der Waals surface area contributed by atoms with Gasteiger partial charge < -0.3 is 5.11 Å². The summed E-state index contributed by atoms with van der Waals surface area (Å²) in [6, 6.07) is 13.1. The number of rotatable bonds is 7. The van der Waals surface area contributed by atoms with Crippen molar-refractivity contribution in [2.45, 2.75) is 40.5 Å². The molecule has 0 radical (unpaired) electrons. The second-order valence-corrected chi connectivity index (χ2v) is 7.22. The normalized spacial score (nSPS) is 10.7. The number of allylic oxidation sites excluding steroid dienone is 5. The number of carbonyl (C=O) groups is 1. The molecular weight excluding hydrogens is 332 g/mol. The van der Waals surface area contributed by atoms with Gasteiger partial charge in [0.05, 0.1) is 0 Å². The summed E-state index contributed by atoms with van der Waals surface area (Å²) in [5.74, 6) is 0.317. The molecule has 0 saturated heterocycles. The van der Waals surface area contributed by atoms with Crippen LogP contribution >= 0.6 is 0 Å². The van der Waals surface area contributed by atoms with Crippen LogP contribution in [0.1, 0.15) is 54.7 Å². The van der Waals surface area contributed by atoms with Crippen LogP contribution in [0.5, 0.6) is 5.75 Å². The number of hydrogen-bond donors (Lipinski definition) is 1. The first-order chi connectivity index (χ1) is 12.9. The van der Waals surface area contributed by atoms with Crippen molar-refractivity contribution in [2.24, 2.45) is 0 Å². The summed E-state index contributed by atoms with van der Waals surface area (Å²) in [5, 5.41) is 10.6. The van der Waals surface area contributed by atoms with Crippen molar-refractivity contribution in [3.05, 3.63) is 94.1 Å². The Hall–Kier alpha value is -2.87. The van der Waals surface area contributed by atoms with E-state index in [0.717, 1.165) is 16.7 Å². The van der Waals surface area contributed by atoms with Gasteiger partial charge in [-0.2, -0.15) is 0 Å². The summed E-state index contributed by atoms with van der Waals surface area (Å²) >= 11 is 0. The molecule has 0 aliphatic carbocycles. The molecule has 0 atom stereocenters. The highest BCUT2D eigenvalue weighted by atomic mass is 16.3. The molecule has 0 amide bonds. The number of hydrogen-bond acceptors (Lipinski definition) is 2. The van der Waals surface area contributed by atoms with Crippen LogP contribution in [0.3, 0.4) is 0 Å². The van der Waals surface area contributed by atoms with E-state index in [1.165, 1.54) is 11.1 Å². The van der Waals surface area contributed by atoms with E-state index in [1.807, 2.05) is 76.2 Å². The van der Waals surface area contributed by atoms with Crippen molar-refractivity contribution in [3.8, 4) is 5.75 Å². The van der Waals surface area contributed by atoms with Crippen LogP contribution in [0.4, 0.5) is 0 Å². The minimum Gasteiger partial charge on any atom is -0.507 e. The Morgan fingerprint density at radius 1 is 0.889 bits per heavy atom. The largest absolute Gasteiger partial charge is 0.507 e. The summed E-state index contributed by atoms with van der Waals surface area (Å²) < 4.78 is 0. The molecule has 0 aliphatic heterocycles. The van der Waals surface area contributed by atoms with Gasteiger partial charge in [-0.3, -0.25) is 4.79 Å². The Bertz CT molecular complexity index is 835. The number of phenols is 1. The number of phenolic OH excluding ortho intramolecular Hbond substituents is 1. The fourth-order valence-corrected chi connectivity index (χ4v) is 2.69. The molecule has 1 N–H and O–H groups in total. The van der Waals surface area contributed by atoms with Crippen molar-refractivity contribution in [1.82, 2.24) is 0 Å². The average Bonchev–Trinajstić information content (AvgIpc) is 2.65. The molecule has 0 spiro atoms. The first kappa shape index (κ1) is 20.4. The maximum absolute atomic E-state index is 12.3. The minimum absolute atomic E-state index is 0.0274. The highest BCUT2D eigenvalue weighted by molar-refractivity contribution is 6.06. The summed E-state index contributed by atoms with van der Waals surface area (Å²) in [4.78, 5) is 12.3. The lowest BCUT2D eigenvalue weighted by Gasteiger charge is -2.10. The van der Waals surface area contributed by atoms with Gasteiger partial charge in [0.15, 0.2) is 5.78 Å². The average molecular weight is 360 g/mol. The molecular formula is C25H28O2. The van der Waals surface area contributed by atoms with Gasteiger partial charge in [-0.25, -0.2) is 0 Å².